The van der Waals surface area contributed by atoms with Crippen molar-refractivity contribution in [3.8, 4) is 0 Å². The Balaban J connectivity index is 2.18. The van der Waals surface area contributed by atoms with Crippen molar-refractivity contribution in [1.29, 1.82) is 0 Å². The van der Waals surface area contributed by atoms with E-state index in [2.05, 4.69) is 26.2 Å². The van der Waals surface area contributed by atoms with Gasteiger partial charge < -0.3 is 16.0 Å². The second-order valence-electron chi connectivity index (χ2n) is 5.86. The summed E-state index contributed by atoms with van der Waals surface area (Å²) in [7, 11) is 3.73. The molecule has 1 aromatic heterocycles. The Hall–Kier alpha value is -2.13. The number of halogens is 4. The van der Waals surface area contributed by atoms with E-state index >= 15 is 0 Å². The van der Waals surface area contributed by atoms with Gasteiger partial charge in [0.25, 0.3) is 5.91 Å². The maximum absolute atomic E-state index is 12.9. The number of hydrogen-bond acceptors (Lipinski definition) is 4. The minimum Gasteiger partial charge on any atom is -0.397 e. The standard InChI is InChI=1S/C17H18BrF3N4O/c1-25(2)13(10-6-4-3-5-7-10)9-23-16(26)14-12(22)8-11(15(18)24-14)17(19,20)21/h3-8,13H,9,22H2,1-2H3,(H,23,26). The van der Waals surface area contributed by atoms with E-state index < -0.39 is 22.3 Å². The number of carbonyl (C=O) groups is 1. The normalized spacial score (nSPS) is 12.9. The van der Waals surface area contributed by atoms with Crippen LogP contribution in [0, 0.1) is 0 Å². The van der Waals surface area contributed by atoms with Crippen LogP contribution in [0.2, 0.25) is 0 Å². The fourth-order valence-corrected chi connectivity index (χ4v) is 2.95. The van der Waals surface area contributed by atoms with Gasteiger partial charge in [-0.2, -0.15) is 13.2 Å². The Morgan fingerprint density at radius 1 is 1.31 bits per heavy atom. The van der Waals surface area contributed by atoms with Crippen molar-refractivity contribution in [3.05, 3.63) is 57.8 Å². The van der Waals surface area contributed by atoms with Crippen molar-refractivity contribution < 1.29 is 18.0 Å². The monoisotopic (exact) mass is 430 g/mol. The molecule has 0 fully saturated rings. The van der Waals surface area contributed by atoms with Crippen LogP contribution in [0.4, 0.5) is 18.9 Å². The van der Waals surface area contributed by atoms with Gasteiger partial charge in [0.2, 0.25) is 0 Å². The molecule has 1 aromatic carbocycles. The van der Waals surface area contributed by atoms with Gasteiger partial charge in [0.05, 0.1) is 17.3 Å². The highest BCUT2D eigenvalue weighted by atomic mass is 79.9. The summed E-state index contributed by atoms with van der Waals surface area (Å²) < 4.78 is 38.1. The van der Waals surface area contributed by atoms with Gasteiger partial charge >= 0.3 is 6.18 Å². The summed E-state index contributed by atoms with van der Waals surface area (Å²) in [5, 5.41) is 2.68. The van der Waals surface area contributed by atoms with Crippen LogP contribution in [0.3, 0.4) is 0 Å². The molecule has 9 heteroatoms. The minimum atomic E-state index is -4.61. The average Bonchev–Trinajstić information content (AvgIpc) is 2.56. The van der Waals surface area contributed by atoms with E-state index in [1.807, 2.05) is 49.3 Å². The number of rotatable bonds is 5. The molecule has 0 saturated heterocycles. The molecule has 1 amide bonds. The predicted molar refractivity (Wildman–Crippen MR) is 96.6 cm³/mol. The summed E-state index contributed by atoms with van der Waals surface area (Å²) in [5.41, 5.74) is 4.99. The van der Waals surface area contributed by atoms with Crippen molar-refractivity contribution >= 4 is 27.5 Å². The largest absolute Gasteiger partial charge is 0.419 e. The molecule has 0 radical (unpaired) electrons. The summed E-state index contributed by atoms with van der Waals surface area (Å²) in [6.45, 7) is 0.246. The SMILES string of the molecule is CN(C)C(CNC(=O)c1nc(Br)c(C(F)(F)F)cc1N)c1ccccc1. The number of alkyl halides is 3. The number of carbonyl (C=O) groups excluding carboxylic acids is 1. The van der Waals surface area contributed by atoms with Gasteiger partial charge in [-0.1, -0.05) is 30.3 Å². The summed E-state index contributed by atoms with van der Waals surface area (Å²) >= 11 is 2.75. The maximum atomic E-state index is 12.9. The maximum Gasteiger partial charge on any atom is 0.419 e. The Bertz CT molecular complexity index is 782. The molecule has 2 rings (SSSR count). The van der Waals surface area contributed by atoms with Crippen molar-refractivity contribution in [2.45, 2.75) is 12.2 Å². The molecule has 2 aromatic rings. The summed E-state index contributed by atoms with van der Waals surface area (Å²) in [6, 6.07) is 10.1. The van der Waals surface area contributed by atoms with Crippen LogP contribution < -0.4 is 11.1 Å². The van der Waals surface area contributed by atoms with Crippen LogP contribution in [-0.4, -0.2) is 36.4 Å². The fraction of sp³-hybridized carbons (Fsp3) is 0.294. The zero-order valence-corrected chi connectivity index (χ0v) is 15.7. The first-order chi connectivity index (χ1) is 12.1. The highest BCUT2D eigenvalue weighted by Gasteiger charge is 2.35. The van der Waals surface area contributed by atoms with Gasteiger partial charge in [-0.3, -0.25) is 4.79 Å². The number of nitrogens with two attached hydrogens (primary N) is 1. The molecule has 5 nitrogen and oxygen atoms in total. The molecule has 3 N–H and O–H groups in total. The predicted octanol–water partition coefficient (Wildman–Crippen LogP) is 3.48. The number of nitrogens with zero attached hydrogens (tertiary/aromatic N) is 2. The molecule has 0 aliphatic heterocycles. The van der Waals surface area contributed by atoms with Crippen LogP contribution in [0.25, 0.3) is 0 Å². The third-order valence-corrected chi connectivity index (χ3v) is 4.39. The highest BCUT2D eigenvalue weighted by Crippen LogP contribution is 2.35. The van der Waals surface area contributed by atoms with Crippen LogP contribution in [0.5, 0.6) is 0 Å². The van der Waals surface area contributed by atoms with E-state index in [9.17, 15) is 18.0 Å². The molecule has 1 unspecified atom stereocenters. The number of amides is 1. The molecular weight excluding hydrogens is 413 g/mol. The number of pyridine rings is 1. The Morgan fingerprint density at radius 2 is 1.92 bits per heavy atom. The summed E-state index contributed by atoms with van der Waals surface area (Å²) in [5.74, 6) is -0.639. The average molecular weight is 431 g/mol. The zero-order valence-electron chi connectivity index (χ0n) is 14.1. The molecule has 0 saturated carbocycles. The quantitative estimate of drug-likeness (QED) is 0.712. The summed E-state index contributed by atoms with van der Waals surface area (Å²) in [4.78, 5) is 18.0. The molecule has 26 heavy (non-hydrogen) atoms. The van der Waals surface area contributed by atoms with Crippen LogP contribution >= 0.6 is 15.9 Å². The lowest BCUT2D eigenvalue weighted by molar-refractivity contribution is -0.138. The first-order valence-electron chi connectivity index (χ1n) is 7.64. The molecular formula is C17H18BrF3N4O. The third-order valence-electron chi connectivity index (χ3n) is 3.79. The van der Waals surface area contributed by atoms with Gasteiger partial charge in [-0.25, -0.2) is 4.98 Å². The smallest absolute Gasteiger partial charge is 0.397 e. The van der Waals surface area contributed by atoms with Crippen molar-refractivity contribution in [1.82, 2.24) is 15.2 Å². The Kier molecular flexibility index (Phi) is 6.25. The van der Waals surface area contributed by atoms with Gasteiger partial charge in [0.1, 0.15) is 4.60 Å². The van der Waals surface area contributed by atoms with E-state index in [0.717, 1.165) is 5.56 Å². The van der Waals surface area contributed by atoms with Crippen molar-refractivity contribution in [2.75, 3.05) is 26.4 Å². The molecule has 1 heterocycles. The van der Waals surface area contributed by atoms with E-state index in [1.165, 1.54) is 0 Å². The van der Waals surface area contributed by atoms with E-state index in [0.29, 0.717) is 6.07 Å². The van der Waals surface area contributed by atoms with Gasteiger partial charge in [-0.15, -0.1) is 0 Å². The van der Waals surface area contributed by atoms with Crippen molar-refractivity contribution in [2.24, 2.45) is 0 Å². The number of nitrogens with one attached hydrogen (secondary N) is 1. The second kappa shape index (κ2) is 8.05. The molecule has 0 aliphatic rings. The number of aromatic nitrogens is 1. The van der Waals surface area contributed by atoms with Gasteiger partial charge in [-0.05, 0) is 41.7 Å². The first-order valence-corrected chi connectivity index (χ1v) is 8.43. The molecule has 0 bridgehead atoms. The number of benzene rings is 1. The van der Waals surface area contributed by atoms with Crippen LogP contribution in [0.1, 0.15) is 27.7 Å². The zero-order chi connectivity index (χ0) is 19.5. The molecule has 0 aliphatic carbocycles. The Labute approximate surface area is 157 Å². The van der Waals surface area contributed by atoms with E-state index in [-0.39, 0.29) is 24.0 Å². The lowest BCUT2D eigenvalue weighted by Gasteiger charge is -2.25. The minimum absolute atomic E-state index is 0.112. The number of hydrogen-bond donors (Lipinski definition) is 2. The lowest BCUT2D eigenvalue weighted by atomic mass is 10.1. The first kappa shape index (κ1) is 20.2. The van der Waals surface area contributed by atoms with Crippen molar-refractivity contribution in [3.63, 3.8) is 0 Å². The lowest BCUT2D eigenvalue weighted by Crippen LogP contribution is -2.35. The molecule has 0 spiro atoms. The molecule has 1 atom stereocenters. The number of anilines is 1. The number of nitrogen functional groups attached to an aromatic ring is 1. The van der Waals surface area contributed by atoms with Gasteiger partial charge in [0, 0.05) is 6.54 Å². The highest BCUT2D eigenvalue weighted by molar-refractivity contribution is 9.10. The topological polar surface area (TPSA) is 71.2 Å². The van der Waals surface area contributed by atoms with Crippen LogP contribution in [0.15, 0.2) is 41.0 Å². The third kappa shape index (κ3) is 4.73. The Morgan fingerprint density at radius 3 is 2.46 bits per heavy atom. The van der Waals surface area contributed by atoms with E-state index in [4.69, 9.17) is 5.73 Å². The summed E-state index contributed by atoms with van der Waals surface area (Å²) in [6.07, 6.45) is -4.61. The van der Waals surface area contributed by atoms with E-state index in [1.54, 1.807) is 0 Å². The molecule has 140 valence electrons. The van der Waals surface area contributed by atoms with Crippen LogP contribution in [-0.2, 0) is 6.18 Å². The number of likely N-dealkylation sites (N-methyl/N-ethyl adjacent to an activating group) is 1. The van der Waals surface area contributed by atoms with Gasteiger partial charge in [0.15, 0.2) is 5.69 Å². The fourth-order valence-electron chi connectivity index (χ4n) is 2.43. The second-order valence-corrected chi connectivity index (χ2v) is 6.61.